The number of amidine groups is 1. The molecule has 1 aliphatic rings. The minimum Gasteiger partial charge on any atom is -0.379 e. The van der Waals surface area contributed by atoms with Crippen molar-refractivity contribution in [2.24, 2.45) is 34.8 Å². The summed E-state index contributed by atoms with van der Waals surface area (Å²) in [6.07, 6.45) is 6.65. The molecule has 1 rings (SSSR count). The molecular weight excluding hydrogens is 276 g/mol. The molecule has 3 heteroatoms. The average molecular weight is 313 g/mol. The smallest absolute Gasteiger partial charge is 0.151 e. The van der Waals surface area contributed by atoms with E-state index in [4.69, 9.17) is 11.1 Å². The summed E-state index contributed by atoms with van der Waals surface area (Å²) in [7, 11) is 0. The molecule has 5 unspecified atom stereocenters. The number of nitrogens with one attached hydrogen (secondary N) is 1. The van der Waals surface area contributed by atoms with Crippen LogP contribution in [0.3, 0.4) is 0 Å². The van der Waals surface area contributed by atoms with Crippen molar-refractivity contribution in [3.63, 3.8) is 0 Å². The third-order valence-electron chi connectivity index (χ3n) is 5.68. The van der Waals surface area contributed by atoms with E-state index < -0.39 is 0 Å². The lowest BCUT2D eigenvalue weighted by Gasteiger charge is -2.51. The van der Waals surface area contributed by atoms with Gasteiger partial charge in [0.2, 0.25) is 0 Å². The summed E-state index contributed by atoms with van der Waals surface area (Å²) in [6.45, 7) is 14.2. The van der Waals surface area contributed by atoms with Crippen molar-refractivity contribution in [1.29, 1.82) is 5.41 Å². The Morgan fingerprint density at radius 3 is 2.33 bits per heavy atom. The summed E-state index contributed by atoms with van der Waals surface area (Å²) in [5.74, 6) is 3.47. The van der Waals surface area contributed by atoms with Gasteiger partial charge in [-0.2, -0.15) is 0 Å². The Kier molecular flexibility index (Phi) is 7.09. The molecule has 0 aromatic heterocycles. The number of hydrogen-bond donors (Lipinski definition) is 2. The first-order chi connectivity index (χ1) is 9.67. The van der Waals surface area contributed by atoms with Gasteiger partial charge in [-0.1, -0.05) is 59.7 Å². The van der Waals surface area contributed by atoms with Crippen molar-refractivity contribution < 1.29 is 0 Å². The molecule has 1 fully saturated rings. The maximum atomic E-state index is 7.45. The predicted octanol–water partition coefficient (Wildman–Crippen LogP) is 5.52. The zero-order chi connectivity index (χ0) is 16.2. The Labute approximate surface area is 136 Å². The summed E-state index contributed by atoms with van der Waals surface area (Å²) in [4.78, 5) is 0. The lowest BCUT2D eigenvalue weighted by atomic mass is 9.55. The summed E-state index contributed by atoms with van der Waals surface area (Å²) in [6, 6.07) is 0. The summed E-state index contributed by atoms with van der Waals surface area (Å²) in [5, 5.41) is 8.15. The lowest BCUT2D eigenvalue weighted by Crippen LogP contribution is -2.42. The highest BCUT2D eigenvalue weighted by atomic mass is 32.2. The van der Waals surface area contributed by atoms with Crippen LogP contribution in [0.5, 0.6) is 0 Å². The molecule has 0 amide bonds. The topological polar surface area (TPSA) is 49.9 Å². The molecule has 3 N–H and O–H groups in total. The van der Waals surface area contributed by atoms with Crippen LogP contribution in [0.15, 0.2) is 0 Å². The summed E-state index contributed by atoms with van der Waals surface area (Å²) in [5.41, 5.74) is 5.90. The average Bonchev–Trinajstić information content (AvgIpc) is 2.23. The van der Waals surface area contributed by atoms with E-state index in [9.17, 15) is 0 Å². The molecule has 21 heavy (non-hydrogen) atoms. The Hall–Kier alpha value is -0.180. The number of rotatable bonds is 8. The fourth-order valence-electron chi connectivity index (χ4n) is 4.30. The van der Waals surface area contributed by atoms with E-state index in [1.54, 1.807) is 0 Å². The van der Waals surface area contributed by atoms with Crippen LogP contribution in [0.1, 0.15) is 73.6 Å². The minimum atomic E-state index is 0.258. The maximum Gasteiger partial charge on any atom is 0.151 e. The molecule has 1 aliphatic carbocycles. The first-order valence-corrected chi connectivity index (χ1v) is 9.56. The van der Waals surface area contributed by atoms with Gasteiger partial charge in [0.25, 0.3) is 0 Å². The van der Waals surface area contributed by atoms with Crippen LogP contribution in [-0.2, 0) is 0 Å². The standard InChI is InChI=1S/C18H36N2S/c1-7-12(2)10-13(3)15-8-9-16(15)18(5,6)11-14(4)21-17(19)20/h12-16H,7-11H2,1-6H3,(H3,19,20). The highest BCUT2D eigenvalue weighted by molar-refractivity contribution is 8.14. The van der Waals surface area contributed by atoms with Gasteiger partial charge in [0.15, 0.2) is 5.17 Å². The number of hydrogen-bond acceptors (Lipinski definition) is 2. The Morgan fingerprint density at radius 1 is 1.29 bits per heavy atom. The molecule has 0 bridgehead atoms. The van der Waals surface area contributed by atoms with Gasteiger partial charge in [0, 0.05) is 5.25 Å². The van der Waals surface area contributed by atoms with Crippen LogP contribution in [0.2, 0.25) is 0 Å². The van der Waals surface area contributed by atoms with Gasteiger partial charge < -0.3 is 5.73 Å². The van der Waals surface area contributed by atoms with Crippen molar-refractivity contribution in [1.82, 2.24) is 0 Å². The van der Waals surface area contributed by atoms with E-state index in [1.165, 1.54) is 37.4 Å². The van der Waals surface area contributed by atoms with Crippen LogP contribution < -0.4 is 5.73 Å². The second kappa shape index (κ2) is 7.89. The van der Waals surface area contributed by atoms with Crippen molar-refractivity contribution in [2.75, 3.05) is 0 Å². The van der Waals surface area contributed by atoms with Crippen LogP contribution in [-0.4, -0.2) is 10.4 Å². The molecule has 0 aromatic carbocycles. The minimum absolute atomic E-state index is 0.258. The summed E-state index contributed by atoms with van der Waals surface area (Å²) >= 11 is 1.52. The molecular formula is C18H36N2S. The van der Waals surface area contributed by atoms with Gasteiger partial charge in [-0.25, -0.2) is 0 Å². The van der Waals surface area contributed by atoms with E-state index >= 15 is 0 Å². The SMILES string of the molecule is CCC(C)CC(C)C1CCC1C(C)(C)CC(C)SC(=N)N. The zero-order valence-corrected chi connectivity index (χ0v) is 15.7. The van der Waals surface area contributed by atoms with Gasteiger partial charge in [-0.15, -0.1) is 0 Å². The van der Waals surface area contributed by atoms with Gasteiger partial charge in [-0.05, 0) is 54.8 Å². The fourth-order valence-corrected chi connectivity index (χ4v) is 5.25. The zero-order valence-electron chi connectivity index (χ0n) is 14.9. The Morgan fingerprint density at radius 2 is 1.90 bits per heavy atom. The quantitative estimate of drug-likeness (QED) is 0.458. The fraction of sp³-hybridized carbons (Fsp3) is 0.944. The Balaban J connectivity index is 2.56. The molecule has 0 radical (unpaired) electrons. The molecule has 0 aromatic rings. The van der Waals surface area contributed by atoms with E-state index in [0.29, 0.717) is 10.7 Å². The third-order valence-corrected chi connectivity index (χ3v) is 6.50. The molecule has 0 spiro atoms. The number of thioether (sulfide) groups is 1. The summed E-state index contributed by atoms with van der Waals surface area (Å²) < 4.78 is 0. The second-order valence-corrected chi connectivity index (χ2v) is 9.54. The van der Waals surface area contributed by atoms with Crippen molar-refractivity contribution in [3.05, 3.63) is 0 Å². The molecule has 2 nitrogen and oxygen atoms in total. The Bertz CT molecular complexity index is 340. The molecule has 0 aliphatic heterocycles. The molecule has 124 valence electrons. The predicted molar refractivity (Wildman–Crippen MR) is 96.8 cm³/mol. The molecule has 1 saturated carbocycles. The lowest BCUT2D eigenvalue weighted by molar-refractivity contribution is -0.00154. The van der Waals surface area contributed by atoms with E-state index in [-0.39, 0.29) is 5.17 Å². The third kappa shape index (κ3) is 5.50. The molecule has 5 atom stereocenters. The van der Waals surface area contributed by atoms with Gasteiger partial charge >= 0.3 is 0 Å². The van der Waals surface area contributed by atoms with Crippen molar-refractivity contribution >= 4 is 16.9 Å². The first-order valence-electron chi connectivity index (χ1n) is 8.68. The van der Waals surface area contributed by atoms with Crippen molar-refractivity contribution in [3.8, 4) is 0 Å². The monoisotopic (exact) mass is 312 g/mol. The largest absolute Gasteiger partial charge is 0.379 e. The van der Waals surface area contributed by atoms with E-state index in [0.717, 1.165) is 30.1 Å². The maximum absolute atomic E-state index is 7.45. The normalized spacial score (nSPS) is 26.8. The van der Waals surface area contributed by atoms with E-state index in [1.807, 2.05) is 0 Å². The van der Waals surface area contributed by atoms with Crippen LogP contribution in [0.4, 0.5) is 0 Å². The van der Waals surface area contributed by atoms with Crippen molar-refractivity contribution in [2.45, 2.75) is 78.9 Å². The van der Waals surface area contributed by atoms with Crippen LogP contribution >= 0.6 is 11.8 Å². The molecule has 0 heterocycles. The van der Waals surface area contributed by atoms with E-state index in [2.05, 4.69) is 41.5 Å². The highest BCUT2D eigenvalue weighted by Gasteiger charge is 2.44. The highest BCUT2D eigenvalue weighted by Crippen LogP contribution is 2.53. The van der Waals surface area contributed by atoms with Gasteiger partial charge in [-0.3, -0.25) is 5.41 Å². The van der Waals surface area contributed by atoms with Gasteiger partial charge in [0.1, 0.15) is 0 Å². The van der Waals surface area contributed by atoms with Crippen LogP contribution in [0, 0.1) is 34.5 Å². The first kappa shape index (κ1) is 18.9. The molecule has 0 saturated heterocycles. The van der Waals surface area contributed by atoms with Crippen LogP contribution in [0.25, 0.3) is 0 Å². The second-order valence-electron chi connectivity index (χ2n) is 8.06. The van der Waals surface area contributed by atoms with Gasteiger partial charge in [0.05, 0.1) is 0 Å². The number of nitrogens with two attached hydrogens (primary N) is 1.